The Kier molecular flexibility index (Phi) is 6.43. The van der Waals surface area contributed by atoms with Crippen LogP contribution in [0.3, 0.4) is 0 Å². The summed E-state index contributed by atoms with van der Waals surface area (Å²) < 4.78 is 14.6. The van der Waals surface area contributed by atoms with Crippen LogP contribution >= 0.6 is 15.9 Å². The average molecular weight is 364 g/mol. The molecule has 0 fully saturated rings. The van der Waals surface area contributed by atoms with Gasteiger partial charge in [0.25, 0.3) is 0 Å². The molecule has 4 heteroatoms. The van der Waals surface area contributed by atoms with Crippen molar-refractivity contribution in [2.24, 2.45) is 0 Å². The van der Waals surface area contributed by atoms with Crippen molar-refractivity contribution in [3.05, 3.63) is 59.7 Å². The van der Waals surface area contributed by atoms with Gasteiger partial charge in [-0.2, -0.15) is 0 Å². The van der Waals surface area contributed by atoms with E-state index >= 15 is 0 Å². The number of benzene rings is 1. The molecule has 0 aliphatic heterocycles. The van der Waals surface area contributed by atoms with Crippen molar-refractivity contribution >= 4 is 26.8 Å². The molecule has 118 valence electrons. The van der Waals surface area contributed by atoms with Crippen molar-refractivity contribution in [3.8, 4) is 0 Å². The van der Waals surface area contributed by atoms with Gasteiger partial charge in [-0.3, -0.25) is 0 Å². The predicted molar refractivity (Wildman–Crippen MR) is 95.4 cm³/mol. The van der Waals surface area contributed by atoms with Crippen molar-refractivity contribution in [1.29, 1.82) is 0 Å². The second-order valence-electron chi connectivity index (χ2n) is 5.19. The van der Waals surface area contributed by atoms with Gasteiger partial charge in [-0.15, -0.1) is 13.2 Å². The number of rotatable bonds is 9. The Hall–Kier alpha value is -1.36. The van der Waals surface area contributed by atoms with Gasteiger partial charge >= 0.3 is 0 Å². The number of aromatic nitrogens is 1. The maximum Gasteiger partial charge on any atom is 0.0804 e. The highest BCUT2D eigenvalue weighted by Crippen LogP contribution is 2.27. The van der Waals surface area contributed by atoms with Crippen LogP contribution in [0.25, 0.3) is 10.9 Å². The molecule has 0 saturated carbocycles. The fourth-order valence-corrected chi connectivity index (χ4v) is 2.84. The number of hydrogen-bond donors (Lipinski definition) is 0. The highest BCUT2D eigenvalue weighted by Gasteiger charge is 2.16. The van der Waals surface area contributed by atoms with Crippen LogP contribution in [0.2, 0.25) is 0 Å². The van der Waals surface area contributed by atoms with Gasteiger partial charge in [0.05, 0.1) is 32.5 Å². The van der Waals surface area contributed by atoms with E-state index < -0.39 is 0 Å². The van der Waals surface area contributed by atoms with Crippen molar-refractivity contribution in [3.63, 3.8) is 0 Å². The largest absolute Gasteiger partial charge is 0.375 e. The Bertz CT molecular complexity index is 634. The number of hydrogen-bond acceptors (Lipinski definition) is 2. The van der Waals surface area contributed by atoms with Crippen molar-refractivity contribution < 1.29 is 9.47 Å². The summed E-state index contributed by atoms with van der Waals surface area (Å²) in [5.74, 6) is 0. The molecule has 0 aliphatic carbocycles. The Balaban J connectivity index is 2.28. The first-order valence-electron chi connectivity index (χ1n) is 7.31. The van der Waals surface area contributed by atoms with Gasteiger partial charge in [-0.1, -0.05) is 28.1 Å². The molecule has 1 aromatic heterocycles. The lowest BCUT2D eigenvalue weighted by molar-refractivity contribution is 0.0650. The Morgan fingerprint density at radius 1 is 1.18 bits per heavy atom. The van der Waals surface area contributed by atoms with E-state index in [0.29, 0.717) is 26.4 Å². The van der Waals surface area contributed by atoms with Crippen molar-refractivity contribution in [2.45, 2.75) is 13.0 Å². The van der Waals surface area contributed by atoms with Crippen LogP contribution in [0.4, 0.5) is 0 Å². The normalized spacial score (nSPS) is 11.2. The maximum absolute atomic E-state index is 5.66. The van der Waals surface area contributed by atoms with Crippen LogP contribution in [0.15, 0.2) is 54.2 Å². The third-order valence-corrected chi connectivity index (χ3v) is 3.97. The molecule has 3 nitrogen and oxygen atoms in total. The Morgan fingerprint density at radius 3 is 2.41 bits per heavy atom. The first-order chi connectivity index (χ1) is 10.7. The summed E-state index contributed by atoms with van der Waals surface area (Å²) in [7, 11) is 0. The van der Waals surface area contributed by atoms with Crippen LogP contribution < -0.4 is 0 Å². The Labute approximate surface area is 140 Å². The summed E-state index contributed by atoms with van der Waals surface area (Å²) in [6.07, 6.45) is 5.69. The Morgan fingerprint density at radius 2 is 1.82 bits per heavy atom. The van der Waals surface area contributed by atoms with E-state index in [2.05, 4.69) is 65.0 Å². The third-order valence-electron chi connectivity index (χ3n) is 3.48. The van der Waals surface area contributed by atoms with Crippen LogP contribution in [0.5, 0.6) is 0 Å². The molecule has 0 aliphatic rings. The van der Waals surface area contributed by atoms with Crippen LogP contribution in [-0.2, 0) is 9.47 Å². The molecular weight excluding hydrogens is 342 g/mol. The molecule has 22 heavy (non-hydrogen) atoms. The highest BCUT2D eigenvalue weighted by molar-refractivity contribution is 9.10. The molecule has 0 spiro atoms. The van der Waals surface area contributed by atoms with E-state index in [-0.39, 0.29) is 6.04 Å². The van der Waals surface area contributed by atoms with Crippen LogP contribution in [0, 0.1) is 6.92 Å². The van der Waals surface area contributed by atoms with Gasteiger partial charge < -0.3 is 14.0 Å². The summed E-state index contributed by atoms with van der Waals surface area (Å²) >= 11 is 3.53. The molecule has 0 unspecified atom stereocenters. The zero-order chi connectivity index (χ0) is 15.9. The van der Waals surface area contributed by atoms with E-state index in [1.54, 1.807) is 12.2 Å². The molecule has 0 radical (unpaired) electrons. The van der Waals surface area contributed by atoms with E-state index in [9.17, 15) is 0 Å². The summed E-state index contributed by atoms with van der Waals surface area (Å²) in [6, 6.07) is 6.45. The topological polar surface area (TPSA) is 23.4 Å². The summed E-state index contributed by atoms with van der Waals surface area (Å²) in [6.45, 7) is 11.8. The molecule has 2 rings (SSSR count). The second kappa shape index (κ2) is 8.32. The summed E-state index contributed by atoms with van der Waals surface area (Å²) in [5, 5.41) is 1.24. The van der Waals surface area contributed by atoms with Crippen molar-refractivity contribution in [1.82, 2.24) is 4.57 Å². The fraction of sp³-hybridized carbons (Fsp3) is 0.333. The molecule has 0 amide bonds. The van der Waals surface area contributed by atoms with Crippen LogP contribution in [-0.4, -0.2) is 31.0 Å². The number of ether oxygens (including phenoxy) is 2. The van der Waals surface area contributed by atoms with Gasteiger partial charge in [0.15, 0.2) is 0 Å². The number of nitrogens with zero attached hydrogens (tertiary/aromatic N) is 1. The minimum absolute atomic E-state index is 0.122. The van der Waals surface area contributed by atoms with Gasteiger partial charge in [-0.05, 0) is 30.7 Å². The van der Waals surface area contributed by atoms with Gasteiger partial charge in [0.2, 0.25) is 0 Å². The zero-order valence-corrected chi connectivity index (χ0v) is 14.5. The first kappa shape index (κ1) is 17.0. The molecule has 2 aromatic rings. The highest BCUT2D eigenvalue weighted by atomic mass is 79.9. The second-order valence-corrected chi connectivity index (χ2v) is 6.10. The number of halogens is 1. The third kappa shape index (κ3) is 4.09. The minimum atomic E-state index is 0.122. The van der Waals surface area contributed by atoms with Crippen molar-refractivity contribution in [2.75, 3.05) is 26.4 Å². The van der Waals surface area contributed by atoms with E-state index in [1.807, 2.05) is 0 Å². The maximum atomic E-state index is 5.66. The predicted octanol–water partition coefficient (Wildman–Crippen LogP) is 4.66. The molecule has 0 atom stereocenters. The van der Waals surface area contributed by atoms with E-state index in [1.165, 1.54) is 16.5 Å². The summed E-state index contributed by atoms with van der Waals surface area (Å²) in [4.78, 5) is 0. The smallest absolute Gasteiger partial charge is 0.0804 e. The molecule has 0 saturated heterocycles. The van der Waals surface area contributed by atoms with Crippen LogP contribution in [0.1, 0.15) is 11.6 Å². The van der Waals surface area contributed by atoms with Gasteiger partial charge in [-0.25, -0.2) is 0 Å². The van der Waals surface area contributed by atoms with Gasteiger partial charge in [0, 0.05) is 21.6 Å². The molecule has 1 aromatic carbocycles. The minimum Gasteiger partial charge on any atom is -0.375 e. The standard InChI is InChI=1S/C18H22BrNO2/c1-4-8-21-12-16(13-22-9-5-2)20-11-14(3)17-10-15(19)6-7-18(17)20/h4-7,10-11,16H,1-2,8-9,12-13H2,3H3. The average Bonchev–Trinajstić information content (AvgIpc) is 2.83. The lowest BCUT2D eigenvalue weighted by atomic mass is 10.2. The molecular formula is C18H22BrNO2. The number of aryl methyl sites for hydroxylation is 1. The molecule has 1 heterocycles. The van der Waals surface area contributed by atoms with E-state index in [0.717, 1.165) is 4.47 Å². The summed E-state index contributed by atoms with van der Waals surface area (Å²) in [5.41, 5.74) is 2.43. The zero-order valence-electron chi connectivity index (χ0n) is 12.9. The first-order valence-corrected chi connectivity index (χ1v) is 8.10. The quantitative estimate of drug-likeness (QED) is 0.477. The molecule has 0 N–H and O–H groups in total. The fourth-order valence-electron chi connectivity index (χ4n) is 2.48. The SMILES string of the molecule is C=CCOCC(COCC=C)n1cc(C)c2cc(Br)ccc21. The monoisotopic (exact) mass is 363 g/mol. The lowest BCUT2D eigenvalue weighted by Crippen LogP contribution is -2.20. The lowest BCUT2D eigenvalue weighted by Gasteiger charge is -2.20. The number of fused-ring (bicyclic) bond motifs is 1. The van der Waals surface area contributed by atoms with E-state index in [4.69, 9.17) is 9.47 Å². The molecule has 0 bridgehead atoms. The van der Waals surface area contributed by atoms with Gasteiger partial charge in [0.1, 0.15) is 0 Å².